The molecule has 5 nitrogen and oxygen atoms in total. The quantitative estimate of drug-likeness (QED) is 0.542. The van der Waals surface area contributed by atoms with E-state index >= 15 is 0 Å². The van der Waals surface area contributed by atoms with Gasteiger partial charge < -0.3 is 25.4 Å². The molecule has 5 heteroatoms. The minimum absolute atomic E-state index is 0.156. The lowest BCUT2D eigenvalue weighted by Crippen LogP contribution is -2.63. The molecule has 1 aliphatic heterocycles. The Bertz CT molecular complexity index is 193. The minimum Gasteiger partial charge on any atom is -0.394 e. The van der Waals surface area contributed by atoms with Crippen LogP contribution < -0.4 is 5.73 Å². The van der Waals surface area contributed by atoms with E-state index in [1.54, 1.807) is 0 Å². The summed E-state index contributed by atoms with van der Waals surface area (Å²) < 4.78 is 10.4. The van der Waals surface area contributed by atoms with Gasteiger partial charge in [-0.2, -0.15) is 0 Å². The van der Waals surface area contributed by atoms with Crippen LogP contribution in [0.3, 0.4) is 0 Å². The standard InChI is InChI=1S/C9H19NO4/c1-9(2)5(4-11)14-8(13-3)6(10)7(9)12/h5-8,11-12H,4,10H2,1-3H3/t5?,6?,7?,8-/m1/s1. The third-order valence-electron chi connectivity index (χ3n) is 2.97. The highest BCUT2D eigenvalue weighted by molar-refractivity contribution is 4.97. The summed E-state index contributed by atoms with van der Waals surface area (Å²) in [7, 11) is 1.46. The molecule has 14 heavy (non-hydrogen) atoms. The Morgan fingerprint density at radius 3 is 2.50 bits per heavy atom. The first-order chi connectivity index (χ1) is 6.45. The molecule has 0 spiro atoms. The van der Waals surface area contributed by atoms with E-state index in [0.717, 1.165) is 0 Å². The molecule has 4 N–H and O–H groups in total. The van der Waals surface area contributed by atoms with E-state index in [-0.39, 0.29) is 6.61 Å². The number of methoxy groups -OCH3 is 1. The maximum atomic E-state index is 9.91. The van der Waals surface area contributed by atoms with Gasteiger partial charge in [0.2, 0.25) is 0 Å². The predicted molar refractivity (Wildman–Crippen MR) is 50.5 cm³/mol. The highest BCUT2D eigenvalue weighted by atomic mass is 16.7. The van der Waals surface area contributed by atoms with Crippen LogP contribution in [0.25, 0.3) is 0 Å². The summed E-state index contributed by atoms with van der Waals surface area (Å²) in [5.74, 6) is 0. The average molecular weight is 205 g/mol. The van der Waals surface area contributed by atoms with E-state index in [0.29, 0.717) is 0 Å². The lowest BCUT2D eigenvalue weighted by Gasteiger charge is -2.47. The van der Waals surface area contributed by atoms with Crippen molar-refractivity contribution in [2.45, 2.75) is 38.4 Å². The zero-order valence-corrected chi connectivity index (χ0v) is 8.80. The SMILES string of the molecule is CO[C@@H]1OC(CO)C(C)(C)C(O)C1N. The van der Waals surface area contributed by atoms with Crippen molar-refractivity contribution >= 4 is 0 Å². The monoisotopic (exact) mass is 205 g/mol. The first-order valence-corrected chi connectivity index (χ1v) is 4.68. The maximum absolute atomic E-state index is 9.91. The number of aliphatic hydroxyl groups is 2. The number of hydrogen-bond acceptors (Lipinski definition) is 5. The van der Waals surface area contributed by atoms with Crippen LogP contribution in [0, 0.1) is 5.41 Å². The summed E-state index contributed by atoms with van der Waals surface area (Å²) in [4.78, 5) is 0. The topological polar surface area (TPSA) is 84.9 Å². The van der Waals surface area contributed by atoms with Crippen molar-refractivity contribution in [3.05, 3.63) is 0 Å². The fourth-order valence-corrected chi connectivity index (χ4v) is 1.75. The lowest BCUT2D eigenvalue weighted by molar-refractivity contribution is -0.265. The van der Waals surface area contributed by atoms with E-state index in [1.807, 2.05) is 13.8 Å². The smallest absolute Gasteiger partial charge is 0.175 e. The predicted octanol–water partition coefficient (Wildman–Crippen LogP) is -0.936. The number of rotatable bonds is 2. The van der Waals surface area contributed by atoms with Crippen LogP contribution in [-0.4, -0.2) is 48.5 Å². The second kappa shape index (κ2) is 4.12. The molecule has 0 radical (unpaired) electrons. The molecule has 1 heterocycles. The Kier molecular flexibility index (Phi) is 3.49. The molecular formula is C9H19NO4. The van der Waals surface area contributed by atoms with Crippen molar-refractivity contribution in [1.82, 2.24) is 0 Å². The molecule has 0 aromatic carbocycles. The molecule has 3 unspecified atom stereocenters. The molecule has 0 amide bonds. The Labute approximate surface area is 83.8 Å². The van der Waals surface area contributed by atoms with Crippen LogP contribution in [0.2, 0.25) is 0 Å². The fourth-order valence-electron chi connectivity index (χ4n) is 1.75. The van der Waals surface area contributed by atoms with Crippen molar-refractivity contribution in [1.29, 1.82) is 0 Å². The highest BCUT2D eigenvalue weighted by Gasteiger charge is 2.48. The van der Waals surface area contributed by atoms with Crippen molar-refractivity contribution in [2.75, 3.05) is 13.7 Å². The number of hydrogen-bond donors (Lipinski definition) is 3. The van der Waals surface area contributed by atoms with Gasteiger partial charge in [-0.25, -0.2) is 0 Å². The van der Waals surface area contributed by atoms with Crippen LogP contribution in [0.5, 0.6) is 0 Å². The van der Waals surface area contributed by atoms with Crippen molar-refractivity contribution < 1.29 is 19.7 Å². The maximum Gasteiger partial charge on any atom is 0.175 e. The molecule has 0 aromatic rings. The summed E-state index contributed by atoms with van der Waals surface area (Å²) in [6, 6.07) is -0.585. The summed E-state index contributed by atoms with van der Waals surface area (Å²) in [6.07, 6.45) is -1.87. The largest absolute Gasteiger partial charge is 0.394 e. The van der Waals surface area contributed by atoms with Crippen LogP contribution in [0.1, 0.15) is 13.8 Å². The zero-order chi connectivity index (χ0) is 10.9. The van der Waals surface area contributed by atoms with Crippen molar-refractivity contribution in [3.8, 4) is 0 Å². The molecule has 1 rings (SSSR count). The average Bonchev–Trinajstić information content (AvgIpc) is 2.15. The molecule has 84 valence electrons. The van der Waals surface area contributed by atoms with Gasteiger partial charge in [0.05, 0.1) is 24.9 Å². The number of ether oxygens (including phenoxy) is 2. The number of aliphatic hydroxyl groups excluding tert-OH is 2. The first-order valence-electron chi connectivity index (χ1n) is 4.68. The van der Waals surface area contributed by atoms with Crippen LogP contribution in [-0.2, 0) is 9.47 Å². The van der Waals surface area contributed by atoms with Crippen LogP contribution in [0.15, 0.2) is 0 Å². The molecule has 4 atom stereocenters. The van der Waals surface area contributed by atoms with E-state index in [2.05, 4.69) is 0 Å². The third-order valence-corrected chi connectivity index (χ3v) is 2.97. The van der Waals surface area contributed by atoms with Gasteiger partial charge in [-0.3, -0.25) is 0 Å². The summed E-state index contributed by atoms with van der Waals surface area (Å²) >= 11 is 0. The van der Waals surface area contributed by atoms with E-state index in [9.17, 15) is 5.11 Å². The molecule has 0 aromatic heterocycles. The van der Waals surface area contributed by atoms with Crippen LogP contribution >= 0.6 is 0 Å². The number of nitrogens with two attached hydrogens (primary N) is 1. The molecule has 0 aliphatic carbocycles. The minimum atomic E-state index is -0.752. The zero-order valence-electron chi connectivity index (χ0n) is 8.80. The summed E-state index contributed by atoms with van der Waals surface area (Å²) in [6.45, 7) is 3.46. The van der Waals surface area contributed by atoms with Gasteiger partial charge in [0, 0.05) is 12.5 Å². The summed E-state index contributed by atoms with van der Waals surface area (Å²) in [5, 5.41) is 19.0. The fraction of sp³-hybridized carbons (Fsp3) is 1.00. The van der Waals surface area contributed by atoms with E-state index < -0.39 is 30.0 Å². The molecule has 0 saturated carbocycles. The lowest BCUT2D eigenvalue weighted by atomic mass is 9.75. The molecule has 0 bridgehead atoms. The Morgan fingerprint density at radius 1 is 1.50 bits per heavy atom. The van der Waals surface area contributed by atoms with E-state index in [4.69, 9.17) is 20.3 Å². The molecule has 1 aliphatic rings. The van der Waals surface area contributed by atoms with Gasteiger partial charge in [0.1, 0.15) is 0 Å². The van der Waals surface area contributed by atoms with Crippen molar-refractivity contribution in [2.24, 2.45) is 11.1 Å². The van der Waals surface area contributed by atoms with Gasteiger partial charge in [-0.15, -0.1) is 0 Å². The first kappa shape index (κ1) is 11.9. The Hall–Kier alpha value is -0.200. The third kappa shape index (κ3) is 1.78. The molecular weight excluding hydrogens is 186 g/mol. The van der Waals surface area contributed by atoms with Gasteiger partial charge in [-0.05, 0) is 0 Å². The van der Waals surface area contributed by atoms with Gasteiger partial charge in [-0.1, -0.05) is 13.8 Å². The Balaban J connectivity index is 2.83. The van der Waals surface area contributed by atoms with Gasteiger partial charge >= 0.3 is 0 Å². The van der Waals surface area contributed by atoms with Gasteiger partial charge in [0.15, 0.2) is 6.29 Å². The second-order valence-corrected chi connectivity index (χ2v) is 4.25. The highest BCUT2D eigenvalue weighted by Crippen LogP contribution is 2.35. The summed E-state index contributed by atoms with van der Waals surface area (Å²) in [5.41, 5.74) is 5.18. The van der Waals surface area contributed by atoms with Crippen LogP contribution in [0.4, 0.5) is 0 Å². The van der Waals surface area contributed by atoms with Crippen molar-refractivity contribution in [3.63, 3.8) is 0 Å². The van der Waals surface area contributed by atoms with E-state index in [1.165, 1.54) is 7.11 Å². The molecule has 1 fully saturated rings. The normalized spacial score (nSPS) is 42.4. The molecule has 1 saturated heterocycles. The Morgan fingerprint density at radius 2 is 2.07 bits per heavy atom. The van der Waals surface area contributed by atoms with Gasteiger partial charge in [0.25, 0.3) is 0 Å². The second-order valence-electron chi connectivity index (χ2n) is 4.25.